The fourth-order valence-electron chi connectivity index (χ4n) is 1.47. The summed E-state index contributed by atoms with van der Waals surface area (Å²) < 4.78 is 0. The molecule has 19 heavy (non-hydrogen) atoms. The first kappa shape index (κ1) is 14.5. The fraction of sp³-hybridized carbons (Fsp3) is 0.0833. The van der Waals surface area contributed by atoms with Crippen LogP contribution in [0.1, 0.15) is 15.2 Å². The molecule has 100 valence electrons. The van der Waals surface area contributed by atoms with Crippen LogP contribution in [-0.4, -0.2) is 11.1 Å². The third-order valence-corrected chi connectivity index (χ3v) is 4.10. The maximum absolute atomic E-state index is 10.8. The van der Waals surface area contributed by atoms with Crippen LogP contribution >= 0.6 is 46.1 Å². The third-order valence-electron chi connectivity index (χ3n) is 2.35. The first-order valence-electron chi connectivity index (χ1n) is 5.16. The second-order valence-corrected chi connectivity index (χ2v) is 5.95. The number of benzene rings is 1. The molecule has 0 unspecified atom stereocenters. The zero-order valence-electron chi connectivity index (χ0n) is 9.41. The minimum Gasteiger partial charge on any atom is -0.478 e. The van der Waals surface area contributed by atoms with Crippen LogP contribution in [0.15, 0.2) is 23.6 Å². The van der Waals surface area contributed by atoms with Crippen molar-refractivity contribution in [2.45, 2.75) is 6.54 Å². The van der Waals surface area contributed by atoms with E-state index in [4.69, 9.17) is 39.9 Å². The maximum atomic E-state index is 10.8. The van der Waals surface area contributed by atoms with Crippen LogP contribution in [0.4, 0.5) is 5.69 Å². The molecule has 0 aliphatic heterocycles. The van der Waals surface area contributed by atoms with Gasteiger partial charge in [0, 0.05) is 21.8 Å². The summed E-state index contributed by atoms with van der Waals surface area (Å²) in [5.74, 6) is -0.940. The SMILES string of the molecule is O=C(O)c1csc(CNc2c(Cl)cc(Cl)cc2Cl)c1. The van der Waals surface area contributed by atoms with Crippen molar-refractivity contribution >= 4 is 57.8 Å². The van der Waals surface area contributed by atoms with Gasteiger partial charge in [-0.25, -0.2) is 4.79 Å². The minimum absolute atomic E-state index is 0.273. The van der Waals surface area contributed by atoms with Gasteiger partial charge in [-0.3, -0.25) is 0 Å². The Hall–Kier alpha value is -0.940. The summed E-state index contributed by atoms with van der Waals surface area (Å²) in [5, 5.41) is 14.8. The number of thiophene rings is 1. The van der Waals surface area contributed by atoms with Crippen LogP contribution in [0.2, 0.25) is 15.1 Å². The van der Waals surface area contributed by atoms with Gasteiger partial charge in [-0.1, -0.05) is 34.8 Å². The Morgan fingerprint density at radius 2 is 1.84 bits per heavy atom. The smallest absolute Gasteiger partial charge is 0.336 e. The van der Waals surface area contributed by atoms with Gasteiger partial charge >= 0.3 is 5.97 Å². The number of halogens is 3. The first-order chi connectivity index (χ1) is 8.97. The number of anilines is 1. The van der Waals surface area contributed by atoms with Crippen molar-refractivity contribution in [1.82, 2.24) is 0 Å². The van der Waals surface area contributed by atoms with Crippen LogP contribution in [0, 0.1) is 0 Å². The van der Waals surface area contributed by atoms with Crippen molar-refractivity contribution in [2.75, 3.05) is 5.32 Å². The first-order valence-corrected chi connectivity index (χ1v) is 7.18. The standard InChI is InChI=1S/C12H8Cl3NO2S/c13-7-2-9(14)11(10(15)3-7)16-4-8-1-6(5-19-8)12(17)18/h1-3,5,16H,4H2,(H,17,18). The molecule has 0 bridgehead atoms. The second kappa shape index (κ2) is 6.01. The van der Waals surface area contributed by atoms with Crippen molar-refractivity contribution in [3.8, 4) is 0 Å². The topological polar surface area (TPSA) is 49.3 Å². The molecule has 3 nitrogen and oxygen atoms in total. The predicted molar refractivity (Wildman–Crippen MR) is 80.1 cm³/mol. The minimum atomic E-state index is -0.940. The highest BCUT2D eigenvalue weighted by Crippen LogP contribution is 2.34. The van der Waals surface area contributed by atoms with Gasteiger partial charge in [0.05, 0.1) is 21.3 Å². The highest BCUT2D eigenvalue weighted by molar-refractivity contribution is 7.10. The van der Waals surface area contributed by atoms with E-state index in [2.05, 4.69) is 5.32 Å². The molecule has 0 aliphatic carbocycles. The summed E-state index contributed by atoms with van der Waals surface area (Å²) in [7, 11) is 0. The Bertz CT molecular complexity index is 604. The number of aromatic carboxylic acids is 1. The van der Waals surface area contributed by atoms with Gasteiger partial charge < -0.3 is 10.4 Å². The van der Waals surface area contributed by atoms with E-state index in [0.717, 1.165) is 4.88 Å². The molecule has 0 aliphatic rings. The van der Waals surface area contributed by atoms with Crippen LogP contribution in [0.3, 0.4) is 0 Å². The summed E-state index contributed by atoms with van der Waals surface area (Å²) in [4.78, 5) is 11.6. The summed E-state index contributed by atoms with van der Waals surface area (Å²) in [5.41, 5.74) is 0.855. The van der Waals surface area contributed by atoms with Gasteiger partial charge in [-0.05, 0) is 18.2 Å². The number of carboxylic acid groups (broad SMARTS) is 1. The van der Waals surface area contributed by atoms with Gasteiger partial charge in [0.1, 0.15) is 0 Å². The van der Waals surface area contributed by atoms with E-state index < -0.39 is 5.97 Å². The monoisotopic (exact) mass is 335 g/mol. The molecule has 0 amide bonds. The molecule has 0 saturated carbocycles. The molecule has 2 aromatic rings. The molecule has 0 radical (unpaired) electrons. The van der Waals surface area contributed by atoms with E-state index in [-0.39, 0.29) is 5.56 Å². The average molecular weight is 337 g/mol. The van der Waals surface area contributed by atoms with Crippen molar-refractivity contribution in [1.29, 1.82) is 0 Å². The van der Waals surface area contributed by atoms with E-state index in [1.807, 2.05) is 0 Å². The van der Waals surface area contributed by atoms with Gasteiger partial charge in [0.25, 0.3) is 0 Å². The zero-order chi connectivity index (χ0) is 14.0. The molecule has 1 heterocycles. The van der Waals surface area contributed by atoms with Crippen LogP contribution < -0.4 is 5.32 Å². The molecule has 7 heteroatoms. The van der Waals surface area contributed by atoms with E-state index >= 15 is 0 Å². The highest BCUT2D eigenvalue weighted by Gasteiger charge is 2.10. The molecular formula is C12H8Cl3NO2S. The lowest BCUT2D eigenvalue weighted by atomic mass is 10.3. The Morgan fingerprint density at radius 3 is 2.37 bits per heavy atom. The number of hydrogen-bond acceptors (Lipinski definition) is 3. The lowest BCUT2D eigenvalue weighted by Crippen LogP contribution is -1.99. The summed E-state index contributed by atoms with van der Waals surface area (Å²) in [6, 6.07) is 4.79. The summed E-state index contributed by atoms with van der Waals surface area (Å²) >= 11 is 19.2. The van der Waals surface area contributed by atoms with Gasteiger partial charge in [-0.2, -0.15) is 0 Å². The van der Waals surface area contributed by atoms with Gasteiger partial charge in [0.15, 0.2) is 0 Å². The van der Waals surface area contributed by atoms with Gasteiger partial charge in [0.2, 0.25) is 0 Å². The molecule has 1 aromatic heterocycles. The van der Waals surface area contributed by atoms with E-state index in [9.17, 15) is 4.79 Å². The Balaban J connectivity index is 2.12. The molecule has 1 aromatic carbocycles. The Kier molecular flexibility index (Phi) is 4.58. The second-order valence-electron chi connectivity index (χ2n) is 3.70. The molecule has 0 saturated heterocycles. The van der Waals surface area contributed by atoms with Crippen LogP contribution in [0.25, 0.3) is 0 Å². The molecule has 0 fully saturated rings. The van der Waals surface area contributed by atoms with E-state index in [1.54, 1.807) is 23.6 Å². The third kappa shape index (κ3) is 3.54. The number of rotatable bonds is 4. The van der Waals surface area contributed by atoms with Crippen LogP contribution in [-0.2, 0) is 6.54 Å². The number of hydrogen-bond donors (Lipinski definition) is 2. The highest BCUT2D eigenvalue weighted by atomic mass is 35.5. The van der Waals surface area contributed by atoms with Crippen molar-refractivity contribution in [3.05, 3.63) is 49.1 Å². The van der Waals surface area contributed by atoms with E-state index in [1.165, 1.54) is 11.3 Å². The number of nitrogens with one attached hydrogen (secondary N) is 1. The maximum Gasteiger partial charge on any atom is 0.336 e. The van der Waals surface area contributed by atoms with E-state index in [0.29, 0.717) is 27.3 Å². The summed E-state index contributed by atoms with van der Waals surface area (Å²) in [6.45, 7) is 0.443. The molecule has 2 rings (SSSR count). The van der Waals surface area contributed by atoms with Gasteiger partial charge in [-0.15, -0.1) is 11.3 Å². The quantitative estimate of drug-likeness (QED) is 0.824. The van der Waals surface area contributed by atoms with Crippen LogP contribution in [0.5, 0.6) is 0 Å². The number of carboxylic acids is 1. The Morgan fingerprint density at radius 1 is 1.21 bits per heavy atom. The zero-order valence-corrected chi connectivity index (χ0v) is 12.5. The summed E-state index contributed by atoms with van der Waals surface area (Å²) in [6.07, 6.45) is 0. The molecule has 2 N–H and O–H groups in total. The van der Waals surface area contributed by atoms with Crippen molar-refractivity contribution in [3.63, 3.8) is 0 Å². The Labute approximate surface area is 128 Å². The predicted octanol–water partition coefficient (Wildman–Crippen LogP) is 5.02. The van der Waals surface area contributed by atoms with Crippen molar-refractivity contribution < 1.29 is 9.90 Å². The number of carbonyl (C=O) groups is 1. The van der Waals surface area contributed by atoms with Crippen molar-refractivity contribution in [2.24, 2.45) is 0 Å². The molecular weight excluding hydrogens is 329 g/mol. The average Bonchev–Trinajstić information content (AvgIpc) is 2.76. The molecule has 0 spiro atoms. The largest absolute Gasteiger partial charge is 0.478 e. The lowest BCUT2D eigenvalue weighted by molar-refractivity contribution is 0.0697. The lowest BCUT2D eigenvalue weighted by Gasteiger charge is -2.09. The molecule has 0 atom stereocenters. The fourth-order valence-corrected chi connectivity index (χ4v) is 3.22. The normalized spacial score (nSPS) is 10.5.